The van der Waals surface area contributed by atoms with E-state index in [1.807, 2.05) is 91.0 Å². The predicted molar refractivity (Wildman–Crippen MR) is 116 cm³/mol. The highest BCUT2D eigenvalue weighted by atomic mass is 16.5. The van der Waals surface area contributed by atoms with Gasteiger partial charge < -0.3 is 10.5 Å². The van der Waals surface area contributed by atoms with Gasteiger partial charge in [-0.15, -0.1) is 0 Å². The van der Waals surface area contributed by atoms with E-state index in [1.165, 1.54) is 0 Å². The molecule has 0 fully saturated rings. The summed E-state index contributed by atoms with van der Waals surface area (Å²) >= 11 is 0. The Kier molecular flexibility index (Phi) is 5.34. The molecule has 142 valence electrons. The van der Waals surface area contributed by atoms with Crippen LogP contribution < -0.4 is 10.5 Å². The van der Waals surface area contributed by atoms with Crippen molar-refractivity contribution in [2.45, 2.75) is 6.61 Å². The lowest BCUT2D eigenvalue weighted by Crippen LogP contribution is -2.12. The number of rotatable bonds is 6. The third kappa shape index (κ3) is 4.50. The number of hydrogen-bond acceptors (Lipinski definition) is 3. The van der Waals surface area contributed by atoms with Crippen molar-refractivity contribution in [2.24, 2.45) is 5.73 Å². The molecule has 4 rings (SSSR count). The number of ether oxygens (including phenoxy) is 1. The summed E-state index contributed by atoms with van der Waals surface area (Å²) in [6.07, 6.45) is 1.79. The fourth-order valence-electron chi connectivity index (χ4n) is 3.09. The largest absolute Gasteiger partial charge is 0.487 e. The maximum atomic E-state index is 11.9. The maximum absolute atomic E-state index is 11.9. The molecule has 4 aromatic rings. The van der Waals surface area contributed by atoms with Crippen LogP contribution in [-0.4, -0.2) is 10.9 Å². The second-order valence-electron chi connectivity index (χ2n) is 6.64. The number of carbonyl (C=O) groups is 1. The minimum absolute atomic E-state index is 0.368. The fourth-order valence-corrected chi connectivity index (χ4v) is 3.09. The molecule has 1 aromatic heterocycles. The monoisotopic (exact) mass is 380 g/mol. The number of amides is 1. The molecule has 0 atom stereocenters. The van der Waals surface area contributed by atoms with E-state index in [4.69, 9.17) is 10.5 Å². The molecule has 29 heavy (non-hydrogen) atoms. The van der Waals surface area contributed by atoms with Crippen molar-refractivity contribution in [3.63, 3.8) is 0 Å². The van der Waals surface area contributed by atoms with Crippen LogP contribution in [0.15, 0.2) is 91.0 Å². The molecule has 0 aliphatic heterocycles. The van der Waals surface area contributed by atoms with Gasteiger partial charge in [-0.3, -0.25) is 4.79 Å². The Hall–Kier alpha value is -3.92. The number of hydrogen-bond donors (Lipinski definition) is 1. The highest BCUT2D eigenvalue weighted by Gasteiger charge is 2.09. The van der Waals surface area contributed by atoms with Gasteiger partial charge in [0.1, 0.15) is 12.4 Å². The summed E-state index contributed by atoms with van der Waals surface area (Å²) in [7, 11) is 0. The first-order valence-corrected chi connectivity index (χ1v) is 9.33. The van der Waals surface area contributed by atoms with Crippen LogP contribution >= 0.6 is 0 Å². The van der Waals surface area contributed by atoms with E-state index >= 15 is 0 Å². The van der Waals surface area contributed by atoms with E-state index in [-0.39, 0.29) is 0 Å². The Labute approximate surface area is 169 Å². The van der Waals surface area contributed by atoms with Crippen molar-refractivity contribution < 1.29 is 9.53 Å². The normalized spacial score (nSPS) is 11.4. The van der Waals surface area contributed by atoms with Gasteiger partial charge in [0, 0.05) is 11.0 Å². The van der Waals surface area contributed by atoms with Crippen molar-refractivity contribution in [2.75, 3.05) is 0 Å². The topological polar surface area (TPSA) is 65.2 Å². The Bertz CT molecular complexity index is 1170. The zero-order chi connectivity index (χ0) is 20.1. The predicted octanol–water partition coefficient (Wildman–Crippen LogP) is 4.84. The lowest BCUT2D eigenvalue weighted by molar-refractivity contribution is -0.112. The maximum Gasteiger partial charge on any atom is 0.249 e. The quantitative estimate of drug-likeness (QED) is 0.384. The number of benzene rings is 3. The van der Waals surface area contributed by atoms with Crippen molar-refractivity contribution >= 4 is 28.5 Å². The molecule has 1 heterocycles. The van der Waals surface area contributed by atoms with Gasteiger partial charge in [0.05, 0.1) is 11.2 Å². The summed E-state index contributed by atoms with van der Waals surface area (Å²) in [4.78, 5) is 16.5. The Morgan fingerprint density at radius 1 is 0.862 bits per heavy atom. The summed E-state index contributed by atoms with van der Waals surface area (Å²) < 4.78 is 5.86. The molecule has 2 N–H and O–H groups in total. The molecule has 0 unspecified atom stereocenters. The molecule has 0 saturated carbocycles. The number of primary amides is 1. The first kappa shape index (κ1) is 18.4. The molecule has 4 heteroatoms. The molecule has 3 aromatic carbocycles. The summed E-state index contributed by atoms with van der Waals surface area (Å²) in [5, 5.41) is 1.10. The van der Waals surface area contributed by atoms with E-state index in [9.17, 15) is 4.79 Å². The molecule has 1 amide bonds. The van der Waals surface area contributed by atoms with Crippen LogP contribution in [0.25, 0.3) is 22.6 Å². The number of para-hydroxylation sites is 1. The van der Waals surface area contributed by atoms with Gasteiger partial charge in [-0.2, -0.15) is 0 Å². The summed E-state index contributed by atoms with van der Waals surface area (Å²) in [5.74, 6) is 0.232. The molecular weight excluding hydrogens is 360 g/mol. The lowest BCUT2D eigenvalue weighted by Gasteiger charge is -2.09. The van der Waals surface area contributed by atoms with Gasteiger partial charge in [-0.25, -0.2) is 4.98 Å². The second kappa shape index (κ2) is 8.40. The average Bonchev–Trinajstić information content (AvgIpc) is 2.77. The van der Waals surface area contributed by atoms with Gasteiger partial charge in [0.25, 0.3) is 0 Å². The van der Waals surface area contributed by atoms with Crippen LogP contribution in [0.2, 0.25) is 0 Å². The first-order valence-electron chi connectivity index (χ1n) is 9.33. The number of nitrogens with zero attached hydrogens (tertiary/aromatic N) is 1. The number of aromatic nitrogens is 1. The van der Waals surface area contributed by atoms with E-state index < -0.39 is 5.91 Å². The standard InChI is InChI=1S/C25H20N2O2/c26-25(28)23(16-18-6-2-1-3-7-18)19-11-14-22(15-12-19)29-17-21-13-10-20-8-4-5-9-24(20)27-21/h1-16H,17H2,(H2,26,28)/b23-16+. The molecule has 0 aliphatic carbocycles. The first-order chi connectivity index (χ1) is 14.2. The fraction of sp³-hybridized carbons (Fsp3) is 0.0400. The van der Waals surface area contributed by atoms with Crippen LogP contribution in [0, 0.1) is 0 Å². The molecule has 0 bridgehead atoms. The molecule has 0 saturated heterocycles. The SMILES string of the molecule is NC(=O)/C(=C/c1ccccc1)c1ccc(OCc2ccc3ccccc3n2)cc1. The minimum Gasteiger partial charge on any atom is -0.487 e. The number of fused-ring (bicyclic) bond motifs is 1. The van der Waals surface area contributed by atoms with Crippen molar-refractivity contribution in [1.29, 1.82) is 0 Å². The average molecular weight is 380 g/mol. The molecule has 0 spiro atoms. The van der Waals surface area contributed by atoms with Crippen molar-refractivity contribution in [1.82, 2.24) is 4.98 Å². The second-order valence-corrected chi connectivity index (χ2v) is 6.64. The smallest absolute Gasteiger partial charge is 0.249 e. The minimum atomic E-state index is -0.470. The van der Waals surface area contributed by atoms with Crippen LogP contribution in [0.5, 0.6) is 5.75 Å². The third-order valence-corrected chi connectivity index (χ3v) is 4.58. The molecule has 0 aliphatic rings. The number of carbonyl (C=O) groups excluding carboxylic acids is 1. The van der Waals surface area contributed by atoms with Gasteiger partial charge in [-0.1, -0.05) is 66.7 Å². The third-order valence-electron chi connectivity index (χ3n) is 4.58. The Morgan fingerprint density at radius 2 is 1.59 bits per heavy atom. The summed E-state index contributed by atoms with van der Waals surface area (Å²) in [6, 6.07) is 28.9. The van der Waals surface area contributed by atoms with Gasteiger partial charge >= 0.3 is 0 Å². The highest BCUT2D eigenvalue weighted by molar-refractivity contribution is 6.23. The van der Waals surface area contributed by atoms with E-state index in [2.05, 4.69) is 4.98 Å². The van der Waals surface area contributed by atoms with E-state index in [0.717, 1.165) is 27.7 Å². The van der Waals surface area contributed by atoms with Crippen LogP contribution in [-0.2, 0) is 11.4 Å². The van der Waals surface area contributed by atoms with Crippen LogP contribution in [0.1, 0.15) is 16.8 Å². The molecule has 4 nitrogen and oxygen atoms in total. The molecule has 0 radical (unpaired) electrons. The van der Waals surface area contributed by atoms with E-state index in [1.54, 1.807) is 6.08 Å². The zero-order valence-electron chi connectivity index (χ0n) is 15.8. The lowest BCUT2D eigenvalue weighted by atomic mass is 10.0. The van der Waals surface area contributed by atoms with E-state index in [0.29, 0.717) is 17.9 Å². The number of nitrogens with two attached hydrogens (primary N) is 1. The Morgan fingerprint density at radius 3 is 2.34 bits per heavy atom. The van der Waals surface area contributed by atoms with Gasteiger partial charge in [-0.05, 0) is 41.5 Å². The van der Waals surface area contributed by atoms with Gasteiger partial charge in [0.2, 0.25) is 5.91 Å². The van der Waals surface area contributed by atoms with Crippen LogP contribution in [0.4, 0.5) is 0 Å². The summed E-state index contributed by atoms with van der Waals surface area (Å²) in [6.45, 7) is 0.368. The zero-order valence-corrected chi connectivity index (χ0v) is 15.8. The van der Waals surface area contributed by atoms with Crippen molar-refractivity contribution in [3.05, 3.63) is 108 Å². The highest BCUT2D eigenvalue weighted by Crippen LogP contribution is 2.22. The summed E-state index contributed by atoms with van der Waals surface area (Å²) in [5.41, 5.74) is 9.51. The van der Waals surface area contributed by atoms with Crippen molar-refractivity contribution in [3.8, 4) is 5.75 Å². The van der Waals surface area contributed by atoms with Crippen LogP contribution in [0.3, 0.4) is 0 Å². The van der Waals surface area contributed by atoms with Gasteiger partial charge in [0.15, 0.2) is 0 Å². The Balaban J connectivity index is 1.49. The number of pyridine rings is 1. The molecular formula is C25H20N2O2.